The van der Waals surface area contributed by atoms with Crippen LogP contribution < -0.4 is 0 Å². The topological polar surface area (TPSA) is 43.4 Å². The molecule has 3 nitrogen and oxygen atoms in total. The third kappa shape index (κ3) is 2.70. The minimum Gasteiger partial charge on any atom is -0.460 e. The van der Waals surface area contributed by atoms with Crippen molar-refractivity contribution in [1.82, 2.24) is 0 Å². The maximum Gasteiger partial charge on any atom is 0.374 e. The fourth-order valence-corrected chi connectivity index (χ4v) is 0.703. The quantitative estimate of drug-likeness (QED) is 0.449. The van der Waals surface area contributed by atoms with E-state index < -0.39 is 11.8 Å². The lowest BCUT2D eigenvalue weighted by Gasteiger charge is -1.99. The summed E-state index contributed by atoms with van der Waals surface area (Å²) in [4.78, 5) is 21.4. The molecule has 0 aromatic heterocycles. The molecule has 1 aliphatic carbocycles. The fourth-order valence-electron chi connectivity index (χ4n) is 0.703. The number of ether oxygens (including phenoxy) is 1. The second-order valence-electron chi connectivity index (χ2n) is 2.82. The summed E-state index contributed by atoms with van der Waals surface area (Å²) < 4.78 is 4.73. The van der Waals surface area contributed by atoms with Crippen LogP contribution in [-0.4, -0.2) is 18.4 Å². The van der Waals surface area contributed by atoms with Crippen molar-refractivity contribution in [2.45, 2.75) is 26.2 Å². The molecule has 1 saturated carbocycles. The van der Waals surface area contributed by atoms with E-state index in [9.17, 15) is 9.59 Å². The summed E-state index contributed by atoms with van der Waals surface area (Å²) in [6.45, 7) is 2.09. The number of hydrogen-bond acceptors (Lipinski definition) is 3. The minimum atomic E-state index is -0.667. The van der Waals surface area contributed by atoms with E-state index >= 15 is 0 Å². The van der Waals surface area contributed by atoms with Gasteiger partial charge < -0.3 is 4.74 Å². The van der Waals surface area contributed by atoms with Crippen LogP contribution in [0.4, 0.5) is 0 Å². The Kier molecular flexibility index (Phi) is 2.63. The van der Waals surface area contributed by atoms with E-state index in [2.05, 4.69) is 0 Å². The number of rotatable bonds is 4. The molecule has 0 bridgehead atoms. The van der Waals surface area contributed by atoms with Gasteiger partial charge in [0.05, 0.1) is 6.61 Å². The van der Waals surface area contributed by atoms with Gasteiger partial charge in [0, 0.05) is 6.42 Å². The van der Waals surface area contributed by atoms with Gasteiger partial charge in [-0.05, 0) is 18.8 Å². The molecule has 0 amide bonds. The Morgan fingerprint density at radius 3 is 2.55 bits per heavy atom. The van der Waals surface area contributed by atoms with Crippen molar-refractivity contribution in [3.8, 4) is 0 Å². The van der Waals surface area contributed by atoms with Crippen LogP contribution >= 0.6 is 0 Å². The molecule has 3 heteroatoms. The molecule has 11 heavy (non-hydrogen) atoms. The molecule has 0 aromatic rings. The normalized spacial score (nSPS) is 16.1. The second kappa shape index (κ2) is 3.51. The van der Waals surface area contributed by atoms with Gasteiger partial charge >= 0.3 is 5.97 Å². The van der Waals surface area contributed by atoms with E-state index in [0.29, 0.717) is 12.5 Å². The number of esters is 1. The van der Waals surface area contributed by atoms with Crippen molar-refractivity contribution in [1.29, 1.82) is 0 Å². The van der Waals surface area contributed by atoms with Crippen LogP contribution in [0.25, 0.3) is 0 Å². The second-order valence-corrected chi connectivity index (χ2v) is 2.82. The van der Waals surface area contributed by atoms with E-state index in [1.165, 1.54) is 0 Å². The summed E-state index contributed by atoms with van der Waals surface area (Å²) in [5.41, 5.74) is 0. The maximum absolute atomic E-state index is 10.7. The van der Waals surface area contributed by atoms with Crippen LogP contribution in [0, 0.1) is 5.92 Å². The van der Waals surface area contributed by atoms with Gasteiger partial charge in [0.1, 0.15) is 0 Å². The molecule has 0 atom stereocenters. The average Bonchev–Trinajstić information content (AvgIpc) is 2.81. The molecule has 1 fully saturated rings. The zero-order valence-corrected chi connectivity index (χ0v) is 6.63. The Balaban J connectivity index is 2.13. The number of hydrogen-bond donors (Lipinski definition) is 0. The van der Waals surface area contributed by atoms with Crippen LogP contribution in [0.5, 0.6) is 0 Å². The number of carbonyl (C=O) groups excluding carboxylic acids is 2. The monoisotopic (exact) mass is 156 g/mol. The molecule has 0 spiro atoms. The highest BCUT2D eigenvalue weighted by Crippen LogP contribution is 2.28. The van der Waals surface area contributed by atoms with Crippen molar-refractivity contribution in [2.75, 3.05) is 6.61 Å². The van der Waals surface area contributed by atoms with Crippen LogP contribution in [0.15, 0.2) is 0 Å². The van der Waals surface area contributed by atoms with Gasteiger partial charge in [-0.3, -0.25) is 4.79 Å². The van der Waals surface area contributed by atoms with E-state index in [4.69, 9.17) is 4.74 Å². The maximum atomic E-state index is 10.7. The lowest BCUT2D eigenvalue weighted by atomic mass is 10.3. The van der Waals surface area contributed by atoms with Crippen molar-refractivity contribution in [3.63, 3.8) is 0 Å². The van der Waals surface area contributed by atoms with Crippen molar-refractivity contribution < 1.29 is 14.3 Å². The Labute approximate surface area is 65.7 Å². The molecule has 0 heterocycles. The van der Waals surface area contributed by atoms with E-state index in [1.807, 2.05) is 0 Å². The van der Waals surface area contributed by atoms with Gasteiger partial charge in [-0.25, -0.2) is 4.79 Å². The van der Waals surface area contributed by atoms with E-state index in [1.54, 1.807) is 6.92 Å². The minimum absolute atomic E-state index is 0.240. The first-order chi connectivity index (χ1) is 5.24. The van der Waals surface area contributed by atoms with Gasteiger partial charge in [-0.1, -0.05) is 6.92 Å². The van der Waals surface area contributed by atoms with Gasteiger partial charge in [0.25, 0.3) is 0 Å². The molecule has 0 N–H and O–H groups in total. The average molecular weight is 156 g/mol. The third-order valence-corrected chi connectivity index (χ3v) is 1.70. The molecule has 62 valence electrons. The summed E-state index contributed by atoms with van der Waals surface area (Å²) in [5.74, 6) is -0.561. The third-order valence-electron chi connectivity index (χ3n) is 1.70. The molecule has 0 saturated heterocycles. The van der Waals surface area contributed by atoms with Gasteiger partial charge in [0.2, 0.25) is 5.78 Å². The summed E-state index contributed by atoms with van der Waals surface area (Å²) in [6, 6.07) is 0. The highest BCUT2D eigenvalue weighted by Gasteiger charge is 2.24. The largest absolute Gasteiger partial charge is 0.460 e. The summed E-state index contributed by atoms with van der Waals surface area (Å²) in [7, 11) is 0. The fraction of sp³-hybridized carbons (Fsp3) is 0.750. The Bertz CT molecular complexity index is 170. The zero-order chi connectivity index (χ0) is 8.27. The van der Waals surface area contributed by atoms with E-state index in [-0.39, 0.29) is 6.42 Å². The first-order valence-electron chi connectivity index (χ1n) is 3.94. The molecule has 1 rings (SSSR count). The lowest BCUT2D eigenvalue weighted by molar-refractivity contribution is -0.154. The summed E-state index contributed by atoms with van der Waals surface area (Å²) in [6.07, 6.45) is 2.50. The van der Waals surface area contributed by atoms with Gasteiger partial charge in [-0.15, -0.1) is 0 Å². The molecule has 0 unspecified atom stereocenters. The summed E-state index contributed by atoms with van der Waals surface area (Å²) in [5, 5.41) is 0. The molecule has 0 radical (unpaired) electrons. The first kappa shape index (κ1) is 8.24. The number of ketones is 1. The molecule has 1 aliphatic rings. The standard InChI is InChI=1S/C8H12O3/c1-2-7(9)8(10)11-5-6-3-4-6/h6H,2-5H2,1H3. The predicted octanol–water partition coefficient (Wildman–Crippen LogP) is 0.919. The Morgan fingerprint density at radius 2 is 2.09 bits per heavy atom. The van der Waals surface area contributed by atoms with Crippen molar-refractivity contribution >= 4 is 11.8 Å². The molecule has 0 aromatic carbocycles. The Hall–Kier alpha value is -0.860. The predicted molar refractivity (Wildman–Crippen MR) is 39.0 cm³/mol. The lowest BCUT2D eigenvalue weighted by Crippen LogP contribution is -2.17. The number of carbonyl (C=O) groups is 2. The number of Topliss-reactive ketones (excluding diaryl/α,β-unsaturated/α-hetero) is 1. The molecular formula is C8H12O3. The molecule has 0 aliphatic heterocycles. The molecular weight excluding hydrogens is 144 g/mol. The Morgan fingerprint density at radius 1 is 1.45 bits per heavy atom. The van der Waals surface area contributed by atoms with Crippen molar-refractivity contribution in [2.24, 2.45) is 5.92 Å². The SMILES string of the molecule is CCC(=O)C(=O)OCC1CC1. The van der Waals surface area contributed by atoms with Crippen LogP contribution in [0.2, 0.25) is 0 Å². The van der Waals surface area contributed by atoms with E-state index in [0.717, 1.165) is 12.8 Å². The van der Waals surface area contributed by atoms with Gasteiger partial charge in [0.15, 0.2) is 0 Å². The highest BCUT2D eigenvalue weighted by molar-refractivity contribution is 6.33. The highest BCUT2D eigenvalue weighted by atomic mass is 16.5. The van der Waals surface area contributed by atoms with Crippen LogP contribution in [-0.2, 0) is 14.3 Å². The van der Waals surface area contributed by atoms with Gasteiger partial charge in [-0.2, -0.15) is 0 Å². The summed E-state index contributed by atoms with van der Waals surface area (Å²) >= 11 is 0. The smallest absolute Gasteiger partial charge is 0.374 e. The zero-order valence-electron chi connectivity index (χ0n) is 6.63. The van der Waals surface area contributed by atoms with Crippen LogP contribution in [0.1, 0.15) is 26.2 Å². The first-order valence-corrected chi connectivity index (χ1v) is 3.94. The van der Waals surface area contributed by atoms with Crippen LogP contribution in [0.3, 0.4) is 0 Å². The van der Waals surface area contributed by atoms with Crippen molar-refractivity contribution in [3.05, 3.63) is 0 Å².